The van der Waals surface area contributed by atoms with Crippen LogP contribution in [0.5, 0.6) is 0 Å². The zero-order chi connectivity index (χ0) is 17.8. The Morgan fingerprint density at radius 1 is 1.20 bits per heavy atom. The van der Waals surface area contributed by atoms with Gasteiger partial charge in [-0.2, -0.15) is 0 Å². The van der Waals surface area contributed by atoms with Crippen LogP contribution >= 0.6 is 34.9 Å². The van der Waals surface area contributed by atoms with Crippen LogP contribution < -0.4 is 10.0 Å². The van der Waals surface area contributed by atoms with Gasteiger partial charge in [0.05, 0.1) is 9.90 Å². The van der Waals surface area contributed by atoms with Crippen molar-refractivity contribution in [3.63, 3.8) is 0 Å². The summed E-state index contributed by atoms with van der Waals surface area (Å²) in [6.07, 6.45) is 0. The largest absolute Gasteiger partial charge is 0.326 e. The summed E-state index contributed by atoms with van der Waals surface area (Å²) in [5, 5.41) is 5.85. The Hall–Kier alpha value is -2.09. The van der Waals surface area contributed by atoms with Crippen LogP contribution in [-0.4, -0.2) is 10.9 Å². The highest BCUT2D eigenvalue weighted by molar-refractivity contribution is 8.00. The van der Waals surface area contributed by atoms with Gasteiger partial charge in [-0.05, 0) is 61.3 Å². The fourth-order valence-electron chi connectivity index (χ4n) is 1.95. The van der Waals surface area contributed by atoms with Crippen LogP contribution in [0.2, 0.25) is 5.02 Å². The smallest absolute Gasteiger partial charge is 0.275 e. The maximum atomic E-state index is 14.0. The van der Waals surface area contributed by atoms with Gasteiger partial charge in [-0.3, -0.25) is 4.79 Å². The van der Waals surface area contributed by atoms with E-state index in [1.807, 2.05) is 6.92 Å². The van der Waals surface area contributed by atoms with E-state index in [1.54, 1.807) is 35.7 Å². The summed E-state index contributed by atoms with van der Waals surface area (Å²) in [6, 6.07) is 11.5. The molecule has 0 saturated carbocycles. The molecule has 0 aliphatic heterocycles. The number of amides is 1. The molecule has 0 spiro atoms. The molecule has 3 aromatic rings. The Balaban J connectivity index is 1.69. The molecule has 1 heterocycles. The summed E-state index contributed by atoms with van der Waals surface area (Å²) in [7, 11) is 0. The van der Waals surface area contributed by atoms with Crippen molar-refractivity contribution in [2.45, 2.75) is 11.8 Å². The van der Waals surface area contributed by atoms with Crippen molar-refractivity contribution in [3.8, 4) is 0 Å². The molecule has 3 rings (SSSR count). The van der Waals surface area contributed by atoms with Gasteiger partial charge in [0, 0.05) is 21.8 Å². The van der Waals surface area contributed by atoms with Gasteiger partial charge in [0.1, 0.15) is 11.5 Å². The van der Waals surface area contributed by atoms with E-state index in [2.05, 4.69) is 15.0 Å². The highest BCUT2D eigenvalue weighted by Crippen LogP contribution is 2.27. The van der Waals surface area contributed by atoms with Gasteiger partial charge in [0.15, 0.2) is 0 Å². The van der Waals surface area contributed by atoms with Gasteiger partial charge in [0.25, 0.3) is 5.91 Å². The highest BCUT2D eigenvalue weighted by Gasteiger charge is 2.11. The molecule has 0 atom stereocenters. The fraction of sp³-hybridized carbons (Fsp3) is 0.0588. The Kier molecular flexibility index (Phi) is 5.57. The number of aromatic nitrogens is 1. The number of anilines is 2. The Labute approximate surface area is 157 Å². The fourth-order valence-corrected chi connectivity index (χ4v) is 3.39. The Bertz CT molecular complexity index is 899. The second kappa shape index (κ2) is 7.86. The minimum atomic E-state index is -0.381. The summed E-state index contributed by atoms with van der Waals surface area (Å²) in [5.41, 5.74) is 1.64. The van der Waals surface area contributed by atoms with Crippen LogP contribution in [0.3, 0.4) is 0 Å². The zero-order valence-electron chi connectivity index (χ0n) is 13.0. The summed E-state index contributed by atoms with van der Waals surface area (Å²) < 4.78 is 17.0. The van der Waals surface area contributed by atoms with Crippen molar-refractivity contribution in [1.82, 2.24) is 4.98 Å². The normalized spacial score (nSPS) is 10.5. The maximum Gasteiger partial charge on any atom is 0.275 e. The number of nitrogens with zero attached hydrogens (tertiary/aromatic N) is 1. The van der Waals surface area contributed by atoms with Crippen molar-refractivity contribution >= 4 is 52.2 Å². The summed E-state index contributed by atoms with van der Waals surface area (Å²) in [5.74, 6) is -0.702. The first kappa shape index (κ1) is 17.7. The number of nitrogens with one attached hydrogen (secondary N) is 2. The number of hydrogen-bond donors (Lipinski definition) is 2. The molecule has 4 nitrogen and oxygen atoms in total. The second-order valence-electron chi connectivity index (χ2n) is 5.06. The van der Waals surface area contributed by atoms with Gasteiger partial charge >= 0.3 is 0 Å². The lowest BCUT2D eigenvalue weighted by Gasteiger charge is -2.09. The molecule has 0 aliphatic carbocycles. The molecule has 0 radical (unpaired) electrons. The monoisotopic (exact) mass is 393 g/mol. The number of halogens is 2. The molecule has 1 amide bonds. The average Bonchev–Trinajstić information content (AvgIpc) is 3.03. The topological polar surface area (TPSA) is 54.0 Å². The number of benzene rings is 2. The molecule has 2 N–H and O–H groups in total. The molecule has 1 aromatic heterocycles. The van der Waals surface area contributed by atoms with Gasteiger partial charge in [0.2, 0.25) is 0 Å². The van der Waals surface area contributed by atoms with Crippen LogP contribution in [0.4, 0.5) is 15.8 Å². The predicted octanol–water partition coefficient (Wildman–Crippen LogP) is 5.62. The number of thiazole rings is 1. The van der Waals surface area contributed by atoms with Gasteiger partial charge in [-0.1, -0.05) is 11.6 Å². The molecule has 0 fully saturated rings. The molecular formula is C17H13ClFN3OS2. The van der Waals surface area contributed by atoms with Crippen molar-refractivity contribution < 1.29 is 9.18 Å². The van der Waals surface area contributed by atoms with Crippen LogP contribution in [0.1, 0.15) is 15.5 Å². The molecule has 0 bridgehead atoms. The molecule has 0 unspecified atom stereocenters. The lowest BCUT2D eigenvalue weighted by molar-refractivity contribution is 0.102. The van der Waals surface area contributed by atoms with Crippen LogP contribution in [0.15, 0.2) is 52.7 Å². The number of rotatable bonds is 5. The standard InChI is InChI=1S/C17H13ClFN3OS2/c1-10-20-15(9-24-10)17(23)21-13-6-7-14(19)16(8-13)25-22-12-4-2-11(18)3-5-12/h2-9,22H,1H3,(H,21,23). The van der Waals surface area contributed by atoms with E-state index in [9.17, 15) is 9.18 Å². The maximum absolute atomic E-state index is 14.0. The van der Waals surface area contributed by atoms with Crippen molar-refractivity contribution in [1.29, 1.82) is 0 Å². The van der Waals surface area contributed by atoms with E-state index in [1.165, 1.54) is 23.5 Å². The van der Waals surface area contributed by atoms with E-state index < -0.39 is 0 Å². The van der Waals surface area contributed by atoms with Crippen LogP contribution in [0.25, 0.3) is 0 Å². The predicted molar refractivity (Wildman–Crippen MR) is 102 cm³/mol. The lowest BCUT2D eigenvalue weighted by Crippen LogP contribution is -2.12. The molecular weight excluding hydrogens is 381 g/mol. The molecule has 0 aliphatic rings. The second-order valence-corrected chi connectivity index (χ2v) is 7.41. The van der Waals surface area contributed by atoms with Crippen molar-refractivity contribution in [2.75, 3.05) is 10.0 Å². The molecule has 128 valence electrons. The first-order chi connectivity index (χ1) is 12.0. The Morgan fingerprint density at radius 3 is 2.60 bits per heavy atom. The number of aryl methyl sites for hydroxylation is 1. The van der Waals surface area contributed by atoms with E-state index in [-0.39, 0.29) is 11.7 Å². The van der Waals surface area contributed by atoms with Crippen LogP contribution in [0, 0.1) is 12.7 Å². The summed E-state index contributed by atoms with van der Waals surface area (Å²) >= 11 is 8.35. The average molecular weight is 394 g/mol. The lowest BCUT2D eigenvalue weighted by atomic mass is 10.3. The quantitative estimate of drug-likeness (QED) is 0.553. The van der Waals surface area contributed by atoms with E-state index >= 15 is 0 Å². The number of carbonyl (C=O) groups excluding carboxylic acids is 1. The SMILES string of the molecule is Cc1nc(C(=O)Nc2ccc(F)c(SNc3ccc(Cl)cc3)c2)cs1. The third-order valence-corrected chi connectivity index (χ3v) is 5.06. The third-order valence-electron chi connectivity index (χ3n) is 3.16. The molecule has 25 heavy (non-hydrogen) atoms. The third kappa shape index (κ3) is 4.72. The summed E-state index contributed by atoms with van der Waals surface area (Å²) in [6.45, 7) is 1.83. The van der Waals surface area contributed by atoms with E-state index in [0.29, 0.717) is 21.3 Å². The number of carbonyl (C=O) groups is 1. The number of hydrogen-bond acceptors (Lipinski definition) is 5. The van der Waals surface area contributed by atoms with Gasteiger partial charge in [-0.15, -0.1) is 11.3 Å². The zero-order valence-corrected chi connectivity index (χ0v) is 15.4. The van der Waals surface area contributed by atoms with Crippen molar-refractivity contribution in [3.05, 3.63) is 69.4 Å². The van der Waals surface area contributed by atoms with E-state index in [4.69, 9.17) is 11.6 Å². The van der Waals surface area contributed by atoms with Gasteiger partial charge < -0.3 is 10.0 Å². The molecule has 8 heteroatoms. The minimum absolute atomic E-state index is 0.322. The van der Waals surface area contributed by atoms with Gasteiger partial charge in [-0.25, -0.2) is 9.37 Å². The van der Waals surface area contributed by atoms with E-state index in [0.717, 1.165) is 22.6 Å². The van der Waals surface area contributed by atoms with Crippen LogP contribution in [-0.2, 0) is 0 Å². The molecule has 2 aromatic carbocycles. The Morgan fingerprint density at radius 2 is 1.92 bits per heavy atom. The first-order valence-corrected chi connectivity index (χ1v) is 9.30. The first-order valence-electron chi connectivity index (χ1n) is 7.23. The highest BCUT2D eigenvalue weighted by atomic mass is 35.5. The summed E-state index contributed by atoms with van der Waals surface area (Å²) in [4.78, 5) is 16.6. The molecule has 0 saturated heterocycles. The van der Waals surface area contributed by atoms with Crippen molar-refractivity contribution in [2.24, 2.45) is 0 Å². The minimum Gasteiger partial charge on any atom is -0.326 e.